The Morgan fingerprint density at radius 2 is 2.57 bits per heavy atom. The summed E-state index contributed by atoms with van der Waals surface area (Å²) in [6, 6.07) is 0.294. The van der Waals surface area contributed by atoms with Gasteiger partial charge in [-0.3, -0.25) is 9.83 Å². The minimum atomic E-state index is 0.294. The molecule has 3 heterocycles. The van der Waals surface area contributed by atoms with E-state index in [-0.39, 0.29) is 0 Å². The molecule has 1 fully saturated rings. The van der Waals surface area contributed by atoms with E-state index in [1.165, 1.54) is 11.3 Å². The molecule has 5 nitrogen and oxygen atoms in total. The van der Waals surface area contributed by atoms with Crippen molar-refractivity contribution in [3.05, 3.63) is 23.5 Å². The van der Waals surface area contributed by atoms with Crippen molar-refractivity contribution in [3.8, 4) is 0 Å². The van der Waals surface area contributed by atoms with Crippen LogP contribution >= 0.6 is 0 Å². The van der Waals surface area contributed by atoms with Gasteiger partial charge in [-0.1, -0.05) is 0 Å². The van der Waals surface area contributed by atoms with Gasteiger partial charge in [-0.15, -0.1) is 0 Å². The van der Waals surface area contributed by atoms with Crippen LogP contribution in [0.1, 0.15) is 0 Å². The molecule has 3 aliphatic rings. The fraction of sp³-hybridized carbons (Fsp3) is 0.444. The van der Waals surface area contributed by atoms with E-state index >= 15 is 0 Å². The molecule has 0 aromatic rings. The molecule has 2 N–H and O–H groups in total. The molecule has 74 valence electrons. The smallest absolute Gasteiger partial charge is 0.0873 e. The molecule has 0 aliphatic carbocycles. The first-order chi connectivity index (χ1) is 6.95. The topological polar surface area (TPSA) is 48.9 Å². The summed E-state index contributed by atoms with van der Waals surface area (Å²) < 4.78 is 0. The summed E-state index contributed by atoms with van der Waals surface area (Å²) in [5, 5.41) is 2.14. The van der Waals surface area contributed by atoms with Crippen molar-refractivity contribution in [1.29, 1.82) is 0 Å². The number of hydroxylamine groups is 1. The van der Waals surface area contributed by atoms with E-state index in [2.05, 4.69) is 27.0 Å². The Kier molecular flexibility index (Phi) is 1.86. The van der Waals surface area contributed by atoms with Crippen molar-refractivity contribution in [2.75, 3.05) is 19.7 Å². The quantitative estimate of drug-likeness (QED) is 0.546. The van der Waals surface area contributed by atoms with E-state index in [0.29, 0.717) is 12.6 Å². The van der Waals surface area contributed by atoms with Crippen LogP contribution in [0.15, 0.2) is 28.5 Å². The van der Waals surface area contributed by atoms with E-state index in [1.54, 1.807) is 0 Å². The molecule has 0 saturated carbocycles. The fourth-order valence-corrected chi connectivity index (χ4v) is 1.94. The van der Waals surface area contributed by atoms with Gasteiger partial charge >= 0.3 is 0 Å². The Hall–Kier alpha value is -1.17. The van der Waals surface area contributed by atoms with Gasteiger partial charge in [-0.05, 0) is 6.08 Å². The van der Waals surface area contributed by atoms with Crippen LogP contribution in [0.4, 0.5) is 0 Å². The molecule has 1 saturated heterocycles. The molecular weight excluding hydrogens is 180 g/mol. The van der Waals surface area contributed by atoms with E-state index < -0.39 is 0 Å². The average molecular weight is 192 g/mol. The molecule has 5 heteroatoms. The number of hydrogen-bond acceptors (Lipinski definition) is 5. The van der Waals surface area contributed by atoms with Crippen molar-refractivity contribution >= 4 is 6.21 Å². The molecule has 3 rings (SSSR count). The van der Waals surface area contributed by atoms with Gasteiger partial charge in [0, 0.05) is 18.0 Å². The zero-order valence-electron chi connectivity index (χ0n) is 7.73. The maximum absolute atomic E-state index is 5.18. The van der Waals surface area contributed by atoms with Gasteiger partial charge in [-0.2, -0.15) is 5.48 Å². The van der Waals surface area contributed by atoms with E-state index in [9.17, 15) is 0 Å². The Labute approximate surface area is 82.1 Å². The number of hydrazine groups is 1. The monoisotopic (exact) mass is 192 g/mol. The second-order valence-corrected chi connectivity index (χ2v) is 3.45. The zero-order chi connectivity index (χ0) is 9.38. The summed E-state index contributed by atoms with van der Waals surface area (Å²) in [7, 11) is 0. The Morgan fingerprint density at radius 3 is 3.57 bits per heavy atom. The van der Waals surface area contributed by atoms with E-state index in [1.807, 2.05) is 12.4 Å². The van der Waals surface area contributed by atoms with Crippen LogP contribution in [0.3, 0.4) is 0 Å². The minimum Gasteiger partial charge on any atom is -0.307 e. The third-order valence-corrected chi connectivity index (χ3v) is 2.63. The number of aliphatic imine (C=N–C) groups is 1. The molecule has 0 spiro atoms. The lowest BCUT2D eigenvalue weighted by molar-refractivity contribution is 0.0520. The van der Waals surface area contributed by atoms with Crippen LogP contribution in [0.2, 0.25) is 0 Å². The summed E-state index contributed by atoms with van der Waals surface area (Å²) in [6.07, 6.45) is 5.82. The second kappa shape index (κ2) is 3.20. The highest BCUT2D eigenvalue weighted by Gasteiger charge is 2.30. The fourth-order valence-electron chi connectivity index (χ4n) is 1.94. The highest BCUT2D eigenvalue weighted by Crippen LogP contribution is 2.22. The van der Waals surface area contributed by atoms with Crippen LogP contribution in [0.25, 0.3) is 0 Å². The maximum Gasteiger partial charge on any atom is 0.0873 e. The lowest BCUT2D eigenvalue weighted by Gasteiger charge is -2.19. The Morgan fingerprint density at radius 1 is 1.57 bits per heavy atom. The molecule has 14 heavy (non-hydrogen) atoms. The number of nitrogens with zero attached hydrogens (tertiary/aromatic N) is 2. The molecule has 3 aliphatic heterocycles. The third-order valence-electron chi connectivity index (χ3n) is 2.63. The molecule has 0 bridgehead atoms. The third kappa shape index (κ3) is 1.18. The van der Waals surface area contributed by atoms with Crippen LogP contribution < -0.4 is 10.9 Å². The molecule has 1 atom stereocenters. The summed E-state index contributed by atoms with van der Waals surface area (Å²) >= 11 is 0. The van der Waals surface area contributed by atoms with Gasteiger partial charge in [0.05, 0.1) is 31.4 Å². The predicted molar refractivity (Wildman–Crippen MR) is 52.2 cm³/mol. The summed E-state index contributed by atoms with van der Waals surface area (Å²) in [6.45, 7) is 2.29. The van der Waals surface area contributed by atoms with Crippen LogP contribution in [-0.4, -0.2) is 37.0 Å². The summed E-state index contributed by atoms with van der Waals surface area (Å²) in [5.41, 5.74) is 8.80. The highest BCUT2D eigenvalue weighted by molar-refractivity contribution is 5.84. The van der Waals surface area contributed by atoms with Crippen molar-refractivity contribution in [3.63, 3.8) is 0 Å². The first kappa shape index (κ1) is 8.16. The van der Waals surface area contributed by atoms with Gasteiger partial charge in [-0.25, -0.2) is 5.43 Å². The summed E-state index contributed by atoms with van der Waals surface area (Å²) in [4.78, 5) is 9.32. The van der Waals surface area contributed by atoms with Crippen molar-refractivity contribution in [2.45, 2.75) is 6.04 Å². The number of rotatable bonds is 0. The average Bonchev–Trinajstić information content (AvgIpc) is 2.42. The van der Waals surface area contributed by atoms with Crippen LogP contribution in [-0.2, 0) is 4.84 Å². The normalized spacial score (nSPS) is 30.3. The van der Waals surface area contributed by atoms with E-state index in [4.69, 9.17) is 4.84 Å². The lowest BCUT2D eigenvalue weighted by atomic mass is 10.1. The number of hydrogen-bond donors (Lipinski definition) is 2. The molecule has 0 aromatic carbocycles. The van der Waals surface area contributed by atoms with E-state index in [0.717, 1.165) is 13.1 Å². The van der Waals surface area contributed by atoms with Gasteiger partial charge in [0.1, 0.15) is 0 Å². The largest absolute Gasteiger partial charge is 0.307 e. The SMILES string of the molecule is C1=CC2NN3CCONCC3=C2C=N1. The molecule has 0 amide bonds. The van der Waals surface area contributed by atoms with Gasteiger partial charge < -0.3 is 5.01 Å². The van der Waals surface area contributed by atoms with Crippen molar-refractivity contribution in [1.82, 2.24) is 15.9 Å². The maximum atomic E-state index is 5.18. The molecule has 1 unspecified atom stereocenters. The zero-order valence-corrected chi connectivity index (χ0v) is 7.73. The number of nitrogens with one attached hydrogen (secondary N) is 2. The molecule has 0 radical (unpaired) electrons. The Bertz CT molecular complexity index is 334. The number of fused-ring (bicyclic) bond motifs is 2. The lowest BCUT2D eigenvalue weighted by Crippen LogP contribution is -2.38. The van der Waals surface area contributed by atoms with Crippen molar-refractivity contribution in [2.24, 2.45) is 4.99 Å². The highest BCUT2D eigenvalue weighted by atomic mass is 16.6. The minimum absolute atomic E-state index is 0.294. The van der Waals surface area contributed by atoms with Gasteiger partial charge in [0.2, 0.25) is 0 Å². The van der Waals surface area contributed by atoms with Gasteiger partial charge in [0.15, 0.2) is 0 Å². The van der Waals surface area contributed by atoms with Crippen LogP contribution in [0.5, 0.6) is 0 Å². The first-order valence-corrected chi connectivity index (χ1v) is 4.76. The predicted octanol–water partition coefficient (Wildman–Crippen LogP) is -0.438. The summed E-state index contributed by atoms with van der Waals surface area (Å²) in [5.74, 6) is 0. The second-order valence-electron chi connectivity index (χ2n) is 3.45. The standard InChI is InChI=1S/C9H12N4O/c1-2-10-5-7-8(1)12-13-3-4-14-11-6-9(7)13/h1-2,5,8,11-12H,3-4,6H2. The van der Waals surface area contributed by atoms with Crippen molar-refractivity contribution < 1.29 is 4.84 Å². The first-order valence-electron chi connectivity index (χ1n) is 4.76. The Balaban J connectivity index is 1.96. The molecule has 0 aromatic heterocycles. The molecular formula is C9H12N4O. The van der Waals surface area contributed by atoms with Crippen LogP contribution in [0, 0.1) is 0 Å². The van der Waals surface area contributed by atoms with Gasteiger partial charge in [0.25, 0.3) is 0 Å².